The number of benzene rings is 1. The van der Waals surface area contributed by atoms with Crippen molar-refractivity contribution in [3.8, 4) is 5.75 Å². The quantitative estimate of drug-likeness (QED) is 0.593. The van der Waals surface area contributed by atoms with Crippen LogP contribution in [-0.4, -0.2) is 66.0 Å². The number of esters is 1. The van der Waals surface area contributed by atoms with E-state index < -0.39 is 0 Å². The average Bonchev–Trinajstić information content (AvgIpc) is 3.07. The number of nitrogens with zero attached hydrogens (tertiary/aromatic N) is 4. The number of aromatic nitrogens is 2. The highest BCUT2D eigenvalue weighted by Gasteiger charge is 2.22. The van der Waals surface area contributed by atoms with Crippen LogP contribution in [0, 0.1) is 0 Å². The third kappa shape index (κ3) is 6.16. The lowest BCUT2D eigenvalue weighted by Crippen LogP contribution is -2.35. The van der Waals surface area contributed by atoms with Crippen molar-refractivity contribution in [3.05, 3.63) is 35.7 Å². The molecule has 0 bridgehead atoms. The summed E-state index contributed by atoms with van der Waals surface area (Å²) in [6.45, 7) is 4.94. The molecule has 1 saturated heterocycles. The summed E-state index contributed by atoms with van der Waals surface area (Å²) in [5, 5.41) is 0.883. The third-order valence-corrected chi connectivity index (χ3v) is 5.74. The average molecular weight is 433 g/mol. The number of rotatable bonds is 8. The first-order valence-electron chi connectivity index (χ1n) is 10.2. The lowest BCUT2D eigenvalue weighted by Gasteiger charge is -2.21. The Kier molecular flexibility index (Phi) is 8.01. The fourth-order valence-corrected chi connectivity index (χ4v) is 4.11. The molecule has 2 heterocycles. The maximum atomic E-state index is 12.4. The van der Waals surface area contributed by atoms with Gasteiger partial charge in [-0.05, 0) is 31.0 Å². The van der Waals surface area contributed by atoms with Crippen molar-refractivity contribution >= 4 is 28.5 Å². The van der Waals surface area contributed by atoms with Gasteiger partial charge in [-0.2, -0.15) is 4.37 Å². The molecule has 2 aromatic rings. The molecule has 0 atom stereocenters. The molecule has 9 heteroatoms. The Bertz CT molecular complexity index is 857. The number of methoxy groups -OCH3 is 1. The molecule has 0 aliphatic carbocycles. The monoisotopic (exact) mass is 432 g/mol. The highest BCUT2D eigenvalue weighted by Crippen LogP contribution is 2.22. The van der Waals surface area contributed by atoms with Crippen molar-refractivity contribution in [3.63, 3.8) is 0 Å². The Morgan fingerprint density at radius 3 is 2.83 bits per heavy atom. The first kappa shape index (κ1) is 22.0. The fraction of sp³-hybridized carbons (Fsp3) is 0.524. The molecule has 0 unspecified atom stereocenters. The molecule has 0 N–H and O–H groups in total. The lowest BCUT2D eigenvalue weighted by atomic mass is 10.1. The van der Waals surface area contributed by atoms with E-state index >= 15 is 0 Å². The predicted molar refractivity (Wildman–Crippen MR) is 115 cm³/mol. The zero-order valence-electron chi connectivity index (χ0n) is 17.5. The van der Waals surface area contributed by atoms with E-state index in [1.54, 1.807) is 14.0 Å². The summed E-state index contributed by atoms with van der Waals surface area (Å²) >= 11 is 1.39. The van der Waals surface area contributed by atoms with E-state index in [4.69, 9.17) is 14.5 Å². The SMILES string of the molecule is CCOC(=O)CCC(=O)N1CCCN(c2nc(Cc3cccc(OC)c3)ns2)CC1. The molecule has 0 radical (unpaired) electrons. The molecule has 1 amide bonds. The highest BCUT2D eigenvalue weighted by atomic mass is 32.1. The minimum atomic E-state index is -0.320. The Labute approximate surface area is 181 Å². The van der Waals surface area contributed by atoms with Gasteiger partial charge in [0.2, 0.25) is 11.0 Å². The van der Waals surface area contributed by atoms with Gasteiger partial charge in [0.1, 0.15) is 11.6 Å². The van der Waals surface area contributed by atoms with E-state index in [1.807, 2.05) is 29.2 Å². The number of hydrogen-bond acceptors (Lipinski definition) is 8. The summed E-state index contributed by atoms with van der Waals surface area (Å²) in [6, 6.07) is 7.91. The summed E-state index contributed by atoms with van der Waals surface area (Å²) in [5.74, 6) is 1.29. The Morgan fingerprint density at radius 1 is 1.17 bits per heavy atom. The molecule has 0 spiro atoms. The largest absolute Gasteiger partial charge is 0.497 e. The van der Waals surface area contributed by atoms with Crippen LogP contribution in [0.4, 0.5) is 5.13 Å². The predicted octanol–water partition coefficient (Wildman–Crippen LogP) is 2.52. The molecule has 1 fully saturated rings. The van der Waals surface area contributed by atoms with E-state index in [0.29, 0.717) is 32.7 Å². The second kappa shape index (κ2) is 10.9. The van der Waals surface area contributed by atoms with Gasteiger partial charge in [-0.15, -0.1) is 0 Å². The van der Waals surface area contributed by atoms with Gasteiger partial charge in [-0.1, -0.05) is 12.1 Å². The molecule has 1 aromatic carbocycles. The lowest BCUT2D eigenvalue weighted by molar-refractivity contribution is -0.145. The van der Waals surface area contributed by atoms with Gasteiger partial charge in [0, 0.05) is 50.6 Å². The van der Waals surface area contributed by atoms with Gasteiger partial charge in [0.05, 0.1) is 20.1 Å². The van der Waals surface area contributed by atoms with Crippen molar-refractivity contribution in [2.75, 3.05) is 44.8 Å². The van der Waals surface area contributed by atoms with E-state index in [-0.39, 0.29) is 24.7 Å². The fourth-order valence-electron chi connectivity index (χ4n) is 3.37. The number of amides is 1. The minimum Gasteiger partial charge on any atom is -0.497 e. The van der Waals surface area contributed by atoms with Crippen LogP contribution in [-0.2, 0) is 20.7 Å². The molecule has 8 nitrogen and oxygen atoms in total. The van der Waals surface area contributed by atoms with Gasteiger partial charge < -0.3 is 19.3 Å². The van der Waals surface area contributed by atoms with Gasteiger partial charge in [-0.3, -0.25) is 9.59 Å². The number of carbonyl (C=O) groups is 2. The van der Waals surface area contributed by atoms with E-state index in [2.05, 4.69) is 9.27 Å². The van der Waals surface area contributed by atoms with E-state index in [1.165, 1.54) is 11.5 Å². The van der Waals surface area contributed by atoms with E-state index in [0.717, 1.165) is 35.2 Å². The van der Waals surface area contributed by atoms with E-state index in [9.17, 15) is 9.59 Å². The number of carbonyl (C=O) groups excluding carboxylic acids is 2. The highest BCUT2D eigenvalue weighted by molar-refractivity contribution is 7.09. The van der Waals surface area contributed by atoms with Gasteiger partial charge in [0.25, 0.3) is 0 Å². The summed E-state index contributed by atoms with van der Waals surface area (Å²) < 4.78 is 14.7. The molecule has 162 valence electrons. The molecule has 30 heavy (non-hydrogen) atoms. The first-order chi connectivity index (χ1) is 14.6. The van der Waals surface area contributed by atoms with Crippen molar-refractivity contribution < 1.29 is 19.1 Å². The van der Waals surface area contributed by atoms with Crippen molar-refractivity contribution in [2.45, 2.75) is 32.6 Å². The minimum absolute atomic E-state index is 0.000816. The Balaban J connectivity index is 1.53. The number of ether oxygens (including phenoxy) is 2. The summed E-state index contributed by atoms with van der Waals surface area (Å²) in [6.07, 6.45) is 1.84. The first-order valence-corrected chi connectivity index (χ1v) is 11.0. The van der Waals surface area contributed by atoms with Crippen LogP contribution < -0.4 is 9.64 Å². The van der Waals surface area contributed by atoms with Crippen LogP contribution in [0.15, 0.2) is 24.3 Å². The van der Waals surface area contributed by atoms with Gasteiger partial charge in [-0.25, -0.2) is 4.98 Å². The zero-order valence-corrected chi connectivity index (χ0v) is 18.3. The Morgan fingerprint density at radius 2 is 2.03 bits per heavy atom. The van der Waals surface area contributed by atoms with Crippen LogP contribution in [0.2, 0.25) is 0 Å². The Hall–Kier alpha value is -2.68. The number of hydrogen-bond donors (Lipinski definition) is 0. The second-order valence-corrected chi connectivity index (χ2v) is 7.78. The van der Waals surface area contributed by atoms with Crippen molar-refractivity contribution in [1.29, 1.82) is 0 Å². The summed E-state index contributed by atoms with van der Waals surface area (Å²) in [5.41, 5.74) is 1.10. The maximum absolute atomic E-state index is 12.4. The normalized spacial score (nSPS) is 14.3. The molecular weight excluding hydrogens is 404 g/mol. The second-order valence-electron chi connectivity index (χ2n) is 7.05. The topological polar surface area (TPSA) is 84.9 Å². The summed E-state index contributed by atoms with van der Waals surface area (Å²) in [4.78, 5) is 32.6. The zero-order chi connectivity index (χ0) is 21.3. The smallest absolute Gasteiger partial charge is 0.306 e. The van der Waals surface area contributed by atoms with Gasteiger partial charge >= 0.3 is 5.97 Å². The van der Waals surface area contributed by atoms with Gasteiger partial charge in [0.15, 0.2) is 0 Å². The van der Waals surface area contributed by atoms with Crippen LogP contribution in [0.25, 0.3) is 0 Å². The molecule has 1 aromatic heterocycles. The number of anilines is 1. The molecular formula is C21H28N4O4S. The standard InChI is InChI=1S/C21H28N4O4S/c1-3-29-20(27)9-8-19(26)24-10-5-11-25(13-12-24)21-22-18(23-30-21)15-16-6-4-7-17(14-16)28-2/h4,6-7,14H,3,5,8-13,15H2,1-2H3. The molecule has 1 aliphatic rings. The van der Waals surface area contributed by atoms with Crippen LogP contribution in [0.1, 0.15) is 37.6 Å². The van der Waals surface area contributed by atoms with Crippen LogP contribution >= 0.6 is 11.5 Å². The van der Waals surface area contributed by atoms with Crippen molar-refractivity contribution in [2.24, 2.45) is 0 Å². The molecule has 1 aliphatic heterocycles. The molecule has 3 rings (SSSR count). The van der Waals surface area contributed by atoms with Crippen LogP contribution in [0.3, 0.4) is 0 Å². The molecule has 0 saturated carbocycles. The maximum Gasteiger partial charge on any atom is 0.306 e. The van der Waals surface area contributed by atoms with Crippen LogP contribution in [0.5, 0.6) is 5.75 Å². The summed E-state index contributed by atoms with van der Waals surface area (Å²) in [7, 11) is 1.66. The van der Waals surface area contributed by atoms with Crippen molar-refractivity contribution in [1.82, 2.24) is 14.3 Å². The third-order valence-electron chi connectivity index (χ3n) is 4.92.